The first-order valence-electron chi connectivity index (χ1n) is 5.65. The molecule has 0 saturated carbocycles. The second-order valence-electron chi connectivity index (χ2n) is 4.29. The third kappa shape index (κ3) is 1.82. The summed E-state index contributed by atoms with van der Waals surface area (Å²) in [5, 5.41) is 4.19. The number of ketones is 1. The second kappa shape index (κ2) is 4.20. The Morgan fingerprint density at radius 1 is 1.37 bits per heavy atom. The Morgan fingerprint density at radius 2 is 2.16 bits per heavy atom. The lowest BCUT2D eigenvalue weighted by Crippen LogP contribution is -2.29. The Morgan fingerprint density at radius 3 is 2.84 bits per heavy atom. The van der Waals surface area contributed by atoms with E-state index in [4.69, 9.17) is 16.1 Å². The molecule has 0 aliphatic carbocycles. The number of amides is 1. The van der Waals surface area contributed by atoms with Crippen LogP contribution in [0, 0.1) is 6.92 Å². The molecule has 0 N–H and O–H groups in total. The number of aromatic nitrogens is 1. The van der Waals surface area contributed by atoms with Crippen molar-refractivity contribution in [1.29, 1.82) is 0 Å². The van der Waals surface area contributed by atoms with Gasteiger partial charge in [0.15, 0.2) is 0 Å². The minimum atomic E-state index is -0.594. The number of fused-ring (bicyclic) bond motifs is 1. The van der Waals surface area contributed by atoms with Gasteiger partial charge in [0.25, 0.3) is 11.7 Å². The molecule has 0 radical (unpaired) electrons. The van der Waals surface area contributed by atoms with Crippen LogP contribution < -0.4 is 4.90 Å². The van der Waals surface area contributed by atoms with Crippen LogP contribution in [0.1, 0.15) is 21.8 Å². The monoisotopic (exact) mass is 276 g/mol. The lowest BCUT2D eigenvalue weighted by molar-refractivity contribution is -0.114. The van der Waals surface area contributed by atoms with Crippen molar-refractivity contribution in [1.82, 2.24) is 5.16 Å². The number of halogens is 1. The van der Waals surface area contributed by atoms with Crippen LogP contribution in [-0.2, 0) is 11.3 Å². The van der Waals surface area contributed by atoms with Gasteiger partial charge in [-0.05, 0) is 19.1 Å². The van der Waals surface area contributed by atoms with Gasteiger partial charge in [-0.3, -0.25) is 14.5 Å². The Bertz CT molecular complexity index is 693. The average molecular weight is 277 g/mol. The van der Waals surface area contributed by atoms with Crippen LogP contribution in [0.2, 0.25) is 5.02 Å². The zero-order valence-corrected chi connectivity index (χ0v) is 10.8. The van der Waals surface area contributed by atoms with Gasteiger partial charge in [0.05, 0.1) is 22.8 Å². The molecular weight excluding hydrogens is 268 g/mol. The first-order chi connectivity index (χ1) is 9.08. The van der Waals surface area contributed by atoms with Crippen LogP contribution in [0.3, 0.4) is 0 Å². The van der Waals surface area contributed by atoms with Gasteiger partial charge in [0.2, 0.25) is 0 Å². The predicted octanol–water partition coefficient (Wildman–Crippen LogP) is 2.37. The lowest BCUT2D eigenvalue weighted by Gasteiger charge is -2.15. The molecule has 1 aromatic heterocycles. The molecule has 0 fully saturated rings. The van der Waals surface area contributed by atoms with Crippen molar-refractivity contribution in [3.8, 4) is 0 Å². The van der Waals surface area contributed by atoms with E-state index in [9.17, 15) is 9.59 Å². The minimum absolute atomic E-state index is 0.165. The van der Waals surface area contributed by atoms with Gasteiger partial charge in [0.1, 0.15) is 11.5 Å². The average Bonchev–Trinajstić information content (AvgIpc) is 2.89. The largest absolute Gasteiger partial charge is 0.361 e. The van der Waals surface area contributed by atoms with E-state index < -0.39 is 11.7 Å². The van der Waals surface area contributed by atoms with Crippen molar-refractivity contribution >= 4 is 29.0 Å². The summed E-state index contributed by atoms with van der Waals surface area (Å²) >= 11 is 6.08. The highest BCUT2D eigenvalue weighted by atomic mass is 35.5. The first kappa shape index (κ1) is 11.9. The SMILES string of the molecule is Cc1cc(CN2C(=O)C(=O)c3cccc(Cl)c32)no1. The van der Waals surface area contributed by atoms with E-state index in [1.165, 1.54) is 4.90 Å². The maximum absolute atomic E-state index is 12.0. The van der Waals surface area contributed by atoms with Crippen LogP contribution >= 0.6 is 11.6 Å². The zero-order valence-electron chi connectivity index (χ0n) is 10.0. The summed E-state index contributed by atoms with van der Waals surface area (Å²) < 4.78 is 4.95. The maximum atomic E-state index is 12.0. The quantitative estimate of drug-likeness (QED) is 0.790. The number of para-hydroxylation sites is 1. The molecule has 2 heterocycles. The summed E-state index contributed by atoms with van der Waals surface area (Å²) in [5.41, 5.74) is 1.35. The number of hydrogen-bond acceptors (Lipinski definition) is 4. The molecule has 5 nitrogen and oxygen atoms in total. The molecule has 0 atom stereocenters. The molecule has 1 aliphatic heterocycles. The Kier molecular flexibility index (Phi) is 2.64. The number of Topliss-reactive ketones (excluding diaryl/α,β-unsaturated/α-hetero) is 1. The van der Waals surface area contributed by atoms with Gasteiger partial charge in [-0.25, -0.2) is 0 Å². The van der Waals surface area contributed by atoms with Crippen molar-refractivity contribution in [3.05, 3.63) is 46.3 Å². The van der Waals surface area contributed by atoms with Crippen molar-refractivity contribution in [3.63, 3.8) is 0 Å². The highest BCUT2D eigenvalue weighted by molar-refractivity contribution is 6.54. The van der Waals surface area contributed by atoms with E-state index >= 15 is 0 Å². The molecule has 0 bridgehead atoms. The zero-order chi connectivity index (χ0) is 13.6. The number of anilines is 1. The number of hydrogen-bond donors (Lipinski definition) is 0. The standard InChI is InChI=1S/C13H9ClN2O3/c1-7-5-8(15-19-7)6-16-11-9(12(17)13(16)18)3-2-4-10(11)14/h2-5H,6H2,1H3. The van der Waals surface area contributed by atoms with E-state index in [1.807, 2.05) is 0 Å². The normalized spacial score (nSPS) is 14.1. The summed E-state index contributed by atoms with van der Waals surface area (Å²) in [4.78, 5) is 25.2. The van der Waals surface area contributed by atoms with E-state index in [-0.39, 0.29) is 6.54 Å². The van der Waals surface area contributed by atoms with E-state index in [0.717, 1.165) is 0 Å². The van der Waals surface area contributed by atoms with Crippen molar-refractivity contribution < 1.29 is 14.1 Å². The van der Waals surface area contributed by atoms with Gasteiger partial charge < -0.3 is 4.52 Å². The van der Waals surface area contributed by atoms with Crippen molar-refractivity contribution in [2.24, 2.45) is 0 Å². The van der Waals surface area contributed by atoms with Crippen molar-refractivity contribution in [2.45, 2.75) is 13.5 Å². The molecule has 96 valence electrons. The Hall–Kier alpha value is -2.14. The molecule has 3 rings (SSSR count). The molecule has 6 heteroatoms. The topological polar surface area (TPSA) is 63.4 Å². The molecule has 1 amide bonds. The van der Waals surface area contributed by atoms with Gasteiger partial charge in [0, 0.05) is 6.07 Å². The molecular formula is C13H9ClN2O3. The molecule has 1 aromatic carbocycles. The summed E-state index contributed by atoms with van der Waals surface area (Å²) in [6.07, 6.45) is 0. The third-order valence-electron chi connectivity index (χ3n) is 2.94. The van der Waals surface area contributed by atoms with Crippen LogP contribution in [0.25, 0.3) is 0 Å². The first-order valence-corrected chi connectivity index (χ1v) is 6.02. The molecule has 0 spiro atoms. The van der Waals surface area contributed by atoms with Gasteiger partial charge in [-0.1, -0.05) is 22.8 Å². The van der Waals surface area contributed by atoms with Crippen LogP contribution in [0.5, 0.6) is 0 Å². The molecule has 0 unspecified atom stereocenters. The minimum Gasteiger partial charge on any atom is -0.361 e. The third-order valence-corrected chi connectivity index (χ3v) is 3.24. The van der Waals surface area contributed by atoms with Crippen LogP contribution in [0.15, 0.2) is 28.8 Å². The number of benzene rings is 1. The van der Waals surface area contributed by atoms with Crippen LogP contribution in [-0.4, -0.2) is 16.8 Å². The number of carbonyl (C=O) groups is 2. The number of rotatable bonds is 2. The number of aryl methyl sites for hydroxylation is 1. The van der Waals surface area contributed by atoms with Gasteiger partial charge in [-0.2, -0.15) is 0 Å². The van der Waals surface area contributed by atoms with Crippen LogP contribution in [0.4, 0.5) is 5.69 Å². The summed E-state index contributed by atoms with van der Waals surface area (Å²) in [7, 11) is 0. The van der Waals surface area contributed by atoms with E-state index in [0.29, 0.717) is 27.7 Å². The highest BCUT2D eigenvalue weighted by Gasteiger charge is 2.37. The maximum Gasteiger partial charge on any atom is 0.299 e. The summed E-state index contributed by atoms with van der Waals surface area (Å²) in [6, 6.07) is 6.60. The number of carbonyl (C=O) groups excluding carboxylic acids is 2. The van der Waals surface area contributed by atoms with E-state index in [2.05, 4.69) is 5.16 Å². The molecule has 2 aromatic rings. The summed E-state index contributed by atoms with van der Waals surface area (Å²) in [5.74, 6) is -0.492. The Labute approximate surface area is 113 Å². The van der Waals surface area contributed by atoms with Gasteiger partial charge in [-0.15, -0.1) is 0 Å². The fourth-order valence-corrected chi connectivity index (χ4v) is 2.39. The second-order valence-corrected chi connectivity index (χ2v) is 4.69. The van der Waals surface area contributed by atoms with E-state index in [1.54, 1.807) is 31.2 Å². The fourth-order valence-electron chi connectivity index (χ4n) is 2.12. The molecule has 0 saturated heterocycles. The fraction of sp³-hybridized carbons (Fsp3) is 0.154. The molecule has 1 aliphatic rings. The van der Waals surface area contributed by atoms with Crippen molar-refractivity contribution in [2.75, 3.05) is 4.90 Å². The Balaban J connectivity index is 2.04. The number of nitrogens with zero attached hydrogens (tertiary/aromatic N) is 2. The van der Waals surface area contributed by atoms with Gasteiger partial charge >= 0.3 is 0 Å². The smallest absolute Gasteiger partial charge is 0.299 e. The summed E-state index contributed by atoms with van der Waals surface area (Å²) in [6.45, 7) is 1.92. The molecule has 19 heavy (non-hydrogen) atoms. The highest BCUT2D eigenvalue weighted by Crippen LogP contribution is 2.36. The predicted molar refractivity (Wildman–Crippen MR) is 68.2 cm³/mol. The lowest BCUT2D eigenvalue weighted by atomic mass is 10.1.